The van der Waals surface area contributed by atoms with Gasteiger partial charge in [0.15, 0.2) is 11.2 Å². The van der Waals surface area contributed by atoms with Gasteiger partial charge in [-0.15, -0.1) is 0 Å². The molecule has 0 spiro atoms. The Morgan fingerprint density at radius 1 is 1.00 bits per heavy atom. The largest absolute Gasteiger partial charge is 0.447 e. The maximum atomic E-state index is 11.9. The smallest absolute Gasteiger partial charge is 0.193 e. The number of benzene rings is 1. The first-order valence-electron chi connectivity index (χ1n) is 5.78. The molecule has 3 aromatic rings. The number of nitrogens with zero attached hydrogens (tertiary/aromatic N) is 1. The third-order valence-electron chi connectivity index (χ3n) is 2.64. The Labute approximate surface area is 109 Å². The van der Waals surface area contributed by atoms with Gasteiger partial charge in [0.05, 0.1) is 5.39 Å². The molecule has 2 aromatic heterocycles. The molecule has 3 heteroatoms. The van der Waals surface area contributed by atoms with E-state index in [0.29, 0.717) is 16.7 Å². The Balaban J connectivity index is 2.08. The van der Waals surface area contributed by atoms with Crippen molar-refractivity contribution in [3.8, 4) is 11.8 Å². The van der Waals surface area contributed by atoms with Crippen molar-refractivity contribution in [1.82, 2.24) is 4.98 Å². The van der Waals surface area contributed by atoms with E-state index >= 15 is 0 Å². The minimum atomic E-state index is -0.0825. The van der Waals surface area contributed by atoms with Crippen molar-refractivity contribution in [1.29, 1.82) is 0 Å². The summed E-state index contributed by atoms with van der Waals surface area (Å²) in [5, 5.41) is 0.567. The van der Waals surface area contributed by atoms with Crippen LogP contribution in [-0.2, 0) is 0 Å². The van der Waals surface area contributed by atoms with Gasteiger partial charge in [0.1, 0.15) is 5.58 Å². The molecule has 0 unspecified atom stereocenters. The summed E-state index contributed by atoms with van der Waals surface area (Å²) in [5.74, 6) is 6.14. The number of aromatic nitrogens is 1. The first kappa shape index (κ1) is 11.2. The highest BCUT2D eigenvalue weighted by Gasteiger charge is 2.01. The summed E-state index contributed by atoms with van der Waals surface area (Å²) in [4.78, 5) is 15.8. The van der Waals surface area contributed by atoms with E-state index in [0.717, 1.165) is 5.56 Å². The van der Waals surface area contributed by atoms with Crippen molar-refractivity contribution in [2.45, 2.75) is 0 Å². The normalized spacial score (nSPS) is 9.89. The van der Waals surface area contributed by atoms with Gasteiger partial charge >= 0.3 is 0 Å². The van der Waals surface area contributed by atoms with Crippen LogP contribution in [0, 0.1) is 11.8 Å². The molecule has 0 amide bonds. The van der Waals surface area contributed by atoms with Crippen molar-refractivity contribution < 1.29 is 4.42 Å². The molecule has 0 saturated heterocycles. The van der Waals surface area contributed by atoms with Gasteiger partial charge in [-0.2, -0.15) is 0 Å². The predicted molar refractivity (Wildman–Crippen MR) is 72.7 cm³/mol. The standard InChI is InChI=1S/C16H9NO2/c18-15-11-13(6-5-12-7-9-17-10-8-12)19-16-4-2-1-3-14(15)16/h1-4,7-11H. The van der Waals surface area contributed by atoms with Crippen LogP contribution in [0.3, 0.4) is 0 Å². The summed E-state index contributed by atoms with van der Waals surface area (Å²) in [5.41, 5.74) is 1.29. The van der Waals surface area contributed by atoms with Gasteiger partial charge in [0, 0.05) is 24.0 Å². The highest BCUT2D eigenvalue weighted by atomic mass is 16.3. The van der Waals surface area contributed by atoms with E-state index in [4.69, 9.17) is 4.42 Å². The van der Waals surface area contributed by atoms with Crippen LogP contribution in [0.5, 0.6) is 0 Å². The quantitative estimate of drug-likeness (QED) is 0.573. The zero-order chi connectivity index (χ0) is 13.1. The van der Waals surface area contributed by atoms with Crippen LogP contribution in [0.2, 0.25) is 0 Å². The summed E-state index contributed by atoms with van der Waals surface area (Å²) in [6, 6.07) is 12.1. The molecule has 0 aliphatic carbocycles. The molecule has 0 radical (unpaired) electrons. The highest BCUT2D eigenvalue weighted by molar-refractivity contribution is 5.76. The lowest BCUT2D eigenvalue weighted by molar-refractivity contribution is 0.588. The van der Waals surface area contributed by atoms with Gasteiger partial charge in [-0.25, -0.2) is 0 Å². The molecule has 0 aliphatic heterocycles. The van der Waals surface area contributed by atoms with Gasteiger partial charge in [0.2, 0.25) is 0 Å². The van der Waals surface area contributed by atoms with Crippen LogP contribution in [0.4, 0.5) is 0 Å². The number of pyridine rings is 1. The molecule has 0 saturated carbocycles. The first-order chi connectivity index (χ1) is 9.33. The van der Waals surface area contributed by atoms with Gasteiger partial charge in [-0.3, -0.25) is 9.78 Å². The molecule has 0 bridgehead atoms. The predicted octanol–water partition coefficient (Wildman–Crippen LogP) is 2.59. The van der Waals surface area contributed by atoms with Crippen LogP contribution in [0.15, 0.2) is 64.1 Å². The Morgan fingerprint density at radius 3 is 2.63 bits per heavy atom. The maximum Gasteiger partial charge on any atom is 0.193 e. The van der Waals surface area contributed by atoms with Gasteiger partial charge < -0.3 is 4.42 Å². The fourth-order valence-corrected chi connectivity index (χ4v) is 1.73. The zero-order valence-electron chi connectivity index (χ0n) is 9.96. The van der Waals surface area contributed by atoms with Crippen LogP contribution >= 0.6 is 0 Å². The Hall–Kier alpha value is -2.86. The molecule has 19 heavy (non-hydrogen) atoms. The Morgan fingerprint density at radius 2 is 1.79 bits per heavy atom. The molecule has 3 nitrogen and oxygen atoms in total. The van der Waals surface area contributed by atoms with Gasteiger partial charge in [-0.1, -0.05) is 18.1 Å². The number of para-hydroxylation sites is 1. The topological polar surface area (TPSA) is 43.1 Å². The van der Waals surface area contributed by atoms with E-state index in [-0.39, 0.29) is 5.43 Å². The molecule has 90 valence electrons. The molecular formula is C16H9NO2. The molecule has 0 N–H and O–H groups in total. The van der Waals surface area contributed by atoms with Crippen LogP contribution < -0.4 is 5.43 Å². The highest BCUT2D eigenvalue weighted by Crippen LogP contribution is 2.10. The lowest BCUT2D eigenvalue weighted by Gasteiger charge is -1.96. The van der Waals surface area contributed by atoms with Gasteiger partial charge in [-0.05, 0) is 30.2 Å². The monoisotopic (exact) mass is 247 g/mol. The maximum absolute atomic E-state index is 11.9. The number of hydrogen-bond donors (Lipinski definition) is 0. The second-order valence-corrected chi connectivity index (χ2v) is 3.96. The van der Waals surface area contributed by atoms with Crippen LogP contribution in [0.1, 0.15) is 11.3 Å². The van der Waals surface area contributed by atoms with E-state index in [1.165, 1.54) is 6.07 Å². The summed E-state index contributed by atoms with van der Waals surface area (Å²) >= 11 is 0. The van der Waals surface area contributed by atoms with Crippen LogP contribution in [-0.4, -0.2) is 4.98 Å². The van der Waals surface area contributed by atoms with E-state index in [9.17, 15) is 4.79 Å². The number of hydrogen-bond acceptors (Lipinski definition) is 3. The Kier molecular flexibility index (Phi) is 2.83. The molecule has 1 aromatic carbocycles. The van der Waals surface area contributed by atoms with Crippen molar-refractivity contribution in [2.75, 3.05) is 0 Å². The molecular weight excluding hydrogens is 238 g/mol. The summed E-state index contributed by atoms with van der Waals surface area (Å²) < 4.78 is 5.58. The van der Waals surface area contributed by atoms with Crippen molar-refractivity contribution in [2.24, 2.45) is 0 Å². The SMILES string of the molecule is O=c1cc(C#Cc2ccncc2)oc2ccccc12. The van der Waals surface area contributed by atoms with Crippen molar-refractivity contribution >= 4 is 11.0 Å². The van der Waals surface area contributed by atoms with E-state index in [2.05, 4.69) is 16.8 Å². The van der Waals surface area contributed by atoms with Crippen molar-refractivity contribution in [3.63, 3.8) is 0 Å². The summed E-state index contributed by atoms with van der Waals surface area (Å²) in [7, 11) is 0. The van der Waals surface area contributed by atoms with Gasteiger partial charge in [0.25, 0.3) is 0 Å². The van der Waals surface area contributed by atoms with E-state index in [1.54, 1.807) is 36.7 Å². The molecule has 0 aliphatic rings. The summed E-state index contributed by atoms with van der Waals surface area (Å²) in [6.07, 6.45) is 3.33. The molecule has 0 atom stereocenters. The van der Waals surface area contributed by atoms with Crippen LogP contribution in [0.25, 0.3) is 11.0 Å². The lowest BCUT2D eigenvalue weighted by Crippen LogP contribution is -2.00. The number of fused-ring (bicyclic) bond motifs is 1. The summed E-state index contributed by atoms with van der Waals surface area (Å²) in [6.45, 7) is 0. The Bertz CT molecular complexity index is 839. The average Bonchev–Trinajstić information content (AvgIpc) is 2.46. The van der Waals surface area contributed by atoms with E-state index < -0.39 is 0 Å². The second kappa shape index (κ2) is 4.79. The second-order valence-electron chi connectivity index (χ2n) is 3.96. The average molecular weight is 247 g/mol. The fraction of sp³-hybridized carbons (Fsp3) is 0. The third-order valence-corrected chi connectivity index (χ3v) is 2.64. The first-order valence-corrected chi connectivity index (χ1v) is 5.78. The number of rotatable bonds is 0. The molecule has 2 heterocycles. The minimum Gasteiger partial charge on any atom is -0.447 e. The molecule has 3 rings (SSSR count). The zero-order valence-corrected chi connectivity index (χ0v) is 9.96. The van der Waals surface area contributed by atoms with Crippen molar-refractivity contribution in [3.05, 3.63) is 76.4 Å². The fourth-order valence-electron chi connectivity index (χ4n) is 1.73. The third kappa shape index (κ3) is 2.38. The lowest BCUT2D eigenvalue weighted by atomic mass is 10.2. The van der Waals surface area contributed by atoms with E-state index in [1.807, 2.05) is 12.1 Å². The molecule has 0 fully saturated rings. The minimum absolute atomic E-state index is 0.0825.